The van der Waals surface area contributed by atoms with Gasteiger partial charge in [-0.1, -0.05) is 0 Å². The van der Waals surface area contributed by atoms with Crippen molar-refractivity contribution in [2.45, 2.75) is 51.2 Å². The number of nitrogens with zero attached hydrogens (tertiary/aromatic N) is 2. The van der Waals surface area contributed by atoms with Gasteiger partial charge in [-0.3, -0.25) is 0 Å². The van der Waals surface area contributed by atoms with E-state index in [9.17, 15) is 14.7 Å². The van der Waals surface area contributed by atoms with Crippen LogP contribution in [0.25, 0.3) is 0 Å². The van der Waals surface area contributed by atoms with Crippen LogP contribution in [-0.2, 0) is 9.53 Å². The Morgan fingerprint density at radius 3 is 2.70 bits per heavy atom. The Labute approximate surface area is 119 Å². The van der Waals surface area contributed by atoms with Crippen molar-refractivity contribution < 1.29 is 19.4 Å². The summed E-state index contributed by atoms with van der Waals surface area (Å²) in [7, 11) is 0. The van der Waals surface area contributed by atoms with E-state index in [-0.39, 0.29) is 12.1 Å². The molecule has 2 aliphatic rings. The molecule has 0 spiro atoms. The Kier molecular flexibility index (Phi) is 4.52. The number of carboxylic acids is 1. The van der Waals surface area contributed by atoms with Crippen LogP contribution in [0.3, 0.4) is 0 Å². The van der Waals surface area contributed by atoms with E-state index in [1.807, 2.05) is 6.92 Å². The van der Waals surface area contributed by atoms with E-state index in [1.54, 1.807) is 11.8 Å². The largest absolute Gasteiger partial charge is 0.480 e. The summed E-state index contributed by atoms with van der Waals surface area (Å²) in [5, 5.41) is 9.49. The van der Waals surface area contributed by atoms with Crippen molar-refractivity contribution >= 4 is 12.0 Å². The van der Waals surface area contributed by atoms with Crippen LogP contribution >= 0.6 is 0 Å². The van der Waals surface area contributed by atoms with Crippen molar-refractivity contribution in [3.05, 3.63) is 0 Å². The van der Waals surface area contributed by atoms with Gasteiger partial charge in [-0.15, -0.1) is 0 Å². The predicted molar refractivity (Wildman–Crippen MR) is 73.6 cm³/mol. The molecule has 1 N–H and O–H groups in total. The second-order valence-electron chi connectivity index (χ2n) is 5.95. The molecule has 2 aliphatic heterocycles. The molecule has 2 fully saturated rings. The smallest absolute Gasteiger partial charge is 0.329 e. The summed E-state index contributed by atoms with van der Waals surface area (Å²) >= 11 is 0. The number of aliphatic carboxylic acids is 1. The molecule has 2 rings (SSSR count). The lowest BCUT2D eigenvalue weighted by atomic mass is 9.89. The molecule has 0 aromatic carbocycles. The van der Waals surface area contributed by atoms with E-state index in [0.717, 1.165) is 19.3 Å². The zero-order valence-electron chi connectivity index (χ0n) is 12.3. The second-order valence-corrected chi connectivity index (χ2v) is 5.95. The highest BCUT2D eigenvalue weighted by Gasteiger charge is 2.45. The summed E-state index contributed by atoms with van der Waals surface area (Å²) in [6, 6.07) is -0.160. The fourth-order valence-corrected chi connectivity index (χ4v) is 2.99. The van der Waals surface area contributed by atoms with Crippen molar-refractivity contribution in [1.82, 2.24) is 9.80 Å². The summed E-state index contributed by atoms with van der Waals surface area (Å²) in [6.45, 7) is 5.94. The third kappa shape index (κ3) is 2.90. The topological polar surface area (TPSA) is 70.1 Å². The lowest BCUT2D eigenvalue weighted by Gasteiger charge is -2.43. The van der Waals surface area contributed by atoms with Gasteiger partial charge in [-0.05, 0) is 39.5 Å². The summed E-state index contributed by atoms with van der Waals surface area (Å²) in [6.07, 6.45) is 3.05. The number of carbonyl (C=O) groups excluding carboxylic acids is 1. The molecule has 0 aromatic heterocycles. The average Bonchev–Trinajstić information content (AvgIpc) is 2.63. The van der Waals surface area contributed by atoms with Crippen molar-refractivity contribution in [1.29, 1.82) is 0 Å². The molecule has 2 saturated heterocycles. The molecule has 2 amide bonds. The minimum atomic E-state index is -1.08. The number of hydrogen-bond donors (Lipinski definition) is 1. The molecule has 0 bridgehead atoms. The molecule has 114 valence electrons. The number of urea groups is 1. The molecule has 20 heavy (non-hydrogen) atoms. The quantitative estimate of drug-likeness (QED) is 0.793. The first kappa shape index (κ1) is 15.1. The van der Waals surface area contributed by atoms with E-state index in [2.05, 4.69) is 0 Å². The monoisotopic (exact) mass is 284 g/mol. The fourth-order valence-electron chi connectivity index (χ4n) is 2.99. The average molecular weight is 284 g/mol. The number of amides is 2. The molecule has 6 nitrogen and oxygen atoms in total. The second kappa shape index (κ2) is 5.99. The molecule has 2 atom stereocenters. The molecule has 0 saturated carbocycles. The van der Waals surface area contributed by atoms with Crippen LogP contribution in [-0.4, -0.2) is 64.8 Å². The maximum atomic E-state index is 12.7. The summed E-state index contributed by atoms with van der Waals surface area (Å²) in [5.41, 5.74) is -1.08. The number of likely N-dealkylation sites (tertiary alicyclic amines) is 1. The van der Waals surface area contributed by atoms with Gasteiger partial charge in [0.1, 0.15) is 5.54 Å². The summed E-state index contributed by atoms with van der Waals surface area (Å²) in [5.74, 6) is -0.912. The number of carbonyl (C=O) groups is 2. The van der Waals surface area contributed by atoms with Gasteiger partial charge in [0.25, 0.3) is 0 Å². The number of piperidine rings is 1. The Morgan fingerprint density at radius 1 is 1.25 bits per heavy atom. The van der Waals surface area contributed by atoms with Crippen LogP contribution in [0.5, 0.6) is 0 Å². The first-order valence-electron chi connectivity index (χ1n) is 7.36. The number of carboxylic acid groups (broad SMARTS) is 1. The molecule has 2 unspecified atom stereocenters. The molecule has 0 aromatic rings. The zero-order valence-corrected chi connectivity index (χ0v) is 12.3. The van der Waals surface area contributed by atoms with Crippen LogP contribution in [0, 0.1) is 0 Å². The highest BCUT2D eigenvalue weighted by molar-refractivity contribution is 5.86. The molecular formula is C14H24N2O4. The van der Waals surface area contributed by atoms with Gasteiger partial charge in [0.2, 0.25) is 0 Å². The molecule has 6 heteroatoms. The van der Waals surface area contributed by atoms with Gasteiger partial charge in [0.05, 0.1) is 6.10 Å². The van der Waals surface area contributed by atoms with Crippen LogP contribution in [0.4, 0.5) is 4.79 Å². The molecule has 2 heterocycles. The molecular weight excluding hydrogens is 260 g/mol. The van der Waals surface area contributed by atoms with Crippen LogP contribution in [0.15, 0.2) is 0 Å². The predicted octanol–water partition coefficient (Wildman–Crippen LogP) is 1.55. The van der Waals surface area contributed by atoms with E-state index in [4.69, 9.17) is 4.74 Å². The van der Waals surface area contributed by atoms with Crippen LogP contribution < -0.4 is 0 Å². The zero-order chi connectivity index (χ0) is 14.8. The third-order valence-electron chi connectivity index (χ3n) is 4.31. The van der Waals surface area contributed by atoms with Crippen molar-refractivity contribution in [3.63, 3.8) is 0 Å². The SMILES string of the molecule is CC1CN(C(=O)N2CCCCC2(C)C(=O)O)CCCO1. The van der Waals surface area contributed by atoms with Crippen molar-refractivity contribution in [2.24, 2.45) is 0 Å². The summed E-state index contributed by atoms with van der Waals surface area (Å²) < 4.78 is 5.54. The number of hydrogen-bond acceptors (Lipinski definition) is 3. The van der Waals surface area contributed by atoms with Crippen molar-refractivity contribution in [2.75, 3.05) is 26.2 Å². The van der Waals surface area contributed by atoms with Gasteiger partial charge < -0.3 is 19.6 Å². The first-order valence-corrected chi connectivity index (χ1v) is 7.36. The molecule has 0 aliphatic carbocycles. The Balaban J connectivity index is 2.14. The van der Waals surface area contributed by atoms with E-state index in [1.165, 1.54) is 4.90 Å². The standard InChI is InChI=1S/C14H24N2O4/c1-11-10-15(7-5-9-20-11)13(19)16-8-4-3-6-14(16,2)12(17)18/h11H,3-10H2,1-2H3,(H,17,18). The number of ether oxygens (including phenoxy) is 1. The Hall–Kier alpha value is -1.30. The summed E-state index contributed by atoms with van der Waals surface area (Å²) in [4.78, 5) is 27.6. The van der Waals surface area contributed by atoms with E-state index in [0.29, 0.717) is 32.7 Å². The Bertz CT molecular complexity index is 387. The van der Waals surface area contributed by atoms with Gasteiger partial charge in [0, 0.05) is 26.2 Å². The maximum absolute atomic E-state index is 12.7. The maximum Gasteiger partial charge on any atom is 0.329 e. The van der Waals surface area contributed by atoms with Crippen LogP contribution in [0.2, 0.25) is 0 Å². The van der Waals surface area contributed by atoms with Crippen molar-refractivity contribution in [3.8, 4) is 0 Å². The normalized spacial score (nSPS) is 31.8. The van der Waals surface area contributed by atoms with Crippen LogP contribution in [0.1, 0.15) is 39.5 Å². The Morgan fingerprint density at radius 2 is 2.00 bits per heavy atom. The highest BCUT2D eigenvalue weighted by atomic mass is 16.5. The van der Waals surface area contributed by atoms with Gasteiger partial charge in [-0.2, -0.15) is 0 Å². The third-order valence-corrected chi connectivity index (χ3v) is 4.31. The minimum Gasteiger partial charge on any atom is -0.480 e. The lowest BCUT2D eigenvalue weighted by Crippen LogP contribution is -2.61. The molecule has 0 radical (unpaired) electrons. The van der Waals surface area contributed by atoms with E-state index >= 15 is 0 Å². The lowest BCUT2D eigenvalue weighted by molar-refractivity contribution is -0.150. The number of rotatable bonds is 1. The minimum absolute atomic E-state index is 0.00215. The fraction of sp³-hybridized carbons (Fsp3) is 0.857. The van der Waals surface area contributed by atoms with E-state index < -0.39 is 11.5 Å². The first-order chi connectivity index (χ1) is 9.45. The van der Waals surface area contributed by atoms with Gasteiger partial charge in [0.15, 0.2) is 0 Å². The highest BCUT2D eigenvalue weighted by Crippen LogP contribution is 2.29. The van der Waals surface area contributed by atoms with Gasteiger partial charge in [-0.25, -0.2) is 9.59 Å². The van der Waals surface area contributed by atoms with Gasteiger partial charge >= 0.3 is 12.0 Å².